The predicted octanol–water partition coefficient (Wildman–Crippen LogP) is 3.44. The molecular formula is C12H14O. The first kappa shape index (κ1) is 8.36. The van der Waals surface area contributed by atoms with Gasteiger partial charge in [0.15, 0.2) is 0 Å². The summed E-state index contributed by atoms with van der Waals surface area (Å²) in [6.07, 6.45) is 8.37. The molecule has 0 N–H and O–H groups in total. The Balaban J connectivity index is 2.56. The van der Waals surface area contributed by atoms with E-state index in [1.807, 2.05) is 6.08 Å². The fourth-order valence-corrected chi connectivity index (χ4v) is 1.99. The molecule has 0 amide bonds. The summed E-state index contributed by atoms with van der Waals surface area (Å²) in [6, 6.07) is 0. The summed E-state index contributed by atoms with van der Waals surface area (Å²) in [5.41, 5.74) is 2.51. The molecule has 1 aliphatic carbocycles. The molecule has 0 saturated heterocycles. The minimum Gasteiger partial charge on any atom is -0.461 e. The molecule has 1 aliphatic rings. The van der Waals surface area contributed by atoms with Gasteiger partial charge in [0.2, 0.25) is 0 Å². The third-order valence-electron chi connectivity index (χ3n) is 2.63. The van der Waals surface area contributed by atoms with Crippen LogP contribution in [0.4, 0.5) is 0 Å². The molecule has 0 unspecified atom stereocenters. The standard InChI is InChI=1S/C12H14O/c1-3-9-10-7-5-6-8-12(10)13-11(9)4-2/h3-4H,1-2,5-8H2. The Bertz CT molecular complexity index is 344. The van der Waals surface area contributed by atoms with Gasteiger partial charge in [-0.3, -0.25) is 0 Å². The molecule has 0 saturated carbocycles. The van der Waals surface area contributed by atoms with E-state index >= 15 is 0 Å². The average Bonchev–Trinajstić information content (AvgIpc) is 2.55. The van der Waals surface area contributed by atoms with Crippen LogP contribution in [0.2, 0.25) is 0 Å². The molecule has 1 nitrogen and oxygen atoms in total. The minimum atomic E-state index is 0.891. The van der Waals surface area contributed by atoms with E-state index < -0.39 is 0 Å². The lowest BCUT2D eigenvalue weighted by Gasteiger charge is -2.08. The Morgan fingerprint density at radius 2 is 1.85 bits per heavy atom. The van der Waals surface area contributed by atoms with Crippen molar-refractivity contribution in [2.45, 2.75) is 25.7 Å². The zero-order chi connectivity index (χ0) is 9.26. The van der Waals surface area contributed by atoms with Crippen molar-refractivity contribution in [1.82, 2.24) is 0 Å². The lowest BCUT2D eigenvalue weighted by atomic mass is 9.95. The van der Waals surface area contributed by atoms with Crippen LogP contribution in [0, 0.1) is 0 Å². The van der Waals surface area contributed by atoms with E-state index in [1.54, 1.807) is 6.08 Å². The Labute approximate surface area is 78.8 Å². The van der Waals surface area contributed by atoms with Crippen molar-refractivity contribution in [2.75, 3.05) is 0 Å². The highest BCUT2D eigenvalue weighted by atomic mass is 16.3. The fraction of sp³-hybridized carbons (Fsp3) is 0.333. The topological polar surface area (TPSA) is 13.1 Å². The predicted molar refractivity (Wildman–Crippen MR) is 55.5 cm³/mol. The summed E-state index contributed by atoms with van der Waals surface area (Å²) >= 11 is 0. The Hall–Kier alpha value is -1.24. The molecule has 1 aromatic heterocycles. The van der Waals surface area contributed by atoms with E-state index in [9.17, 15) is 0 Å². The van der Waals surface area contributed by atoms with Gasteiger partial charge in [-0.05, 0) is 25.3 Å². The van der Waals surface area contributed by atoms with Crippen molar-refractivity contribution in [3.8, 4) is 0 Å². The van der Waals surface area contributed by atoms with Crippen LogP contribution >= 0.6 is 0 Å². The van der Waals surface area contributed by atoms with E-state index in [0.717, 1.165) is 29.9 Å². The molecule has 0 atom stereocenters. The Morgan fingerprint density at radius 1 is 1.08 bits per heavy atom. The first-order valence-electron chi connectivity index (χ1n) is 4.76. The molecule has 0 radical (unpaired) electrons. The van der Waals surface area contributed by atoms with E-state index in [1.165, 1.54) is 18.4 Å². The maximum atomic E-state index is 5.69. The van der Waals surface area contributed by atoms with E-state index in [2.05, 4.69) is 13.2 Å². The van der Waals surface area contributed by atoms with Crippen LogP contribution in [0.5, 0.6) is 0 Å². The number of hydrogen-bond donors (Lipinski definition) is 0. The number of furan rings is 1. The molecule has 0 spiro atoms. The van der Waals surface area contributed by atoms with Crippen LogP contribution in [-0.2, 0) is 12.8 Å². The molecule has 1 aromatic rings. The highest BCUT2D eigenvalue weighted by molar-refractivity contribution is 5.64. The summed E-state index contributed by atoms with van der Waals surface area (Å²) in [4.78, 5) is 0. The van der Waals surface area contributed by atoms with Gasteiger partial charge < -0.3 is 4.42 Å². The van der Waals surface area contributed by atoms with Gasteiger partial charge in [-0.25, -0.2) is 0 Å². The Kier molecular flexibility index (Phi) is 2.09. The largest absolute Gasteiger partial charge is 0.461 e. The van der Waals surface area contributed by atoms with Crippen LogP contribution in [0.25, 0.3) is 12.2 Å². The number of aryl methyl sites for hydroxylation is 1. The summed E-state index contributed by atoms with van der Waals surface area (Å²) in [7, 11) is 0. The zero-order valence-corrected chi connectivity index (χ0v) is 7.81. The maximum absolute atomic E-state index is 5.69. The van der Waals surface area contributed by atoms with E-state index in [0.29, 0.717) is 0 Å². The summed E-state index contributed by atoms with van der Waals surface area (Å²) in [5.74, 6) is 2.04. The normalized spacial score (nSPS) is 15.1. The summed E-state index contributed by atoms with van der Waals surface area (Å²) in [5, 5.41) is 0. The second-order valence-corrected chi connectivity index (χ2v) is 3.40. The zero-order valence-electron chi connectivity index (χ0n) is 7.81. The molecule has 2 rings (SSSR count). The van der Waals surface area contributed by atoms with Gasteiger partial charge in [-0.2, -0.15) is 0 Å². The molecule has 1 heterocycles. The van der Waals surface area contributed by atoms with Gasteiger partial charge in [0, 0.05) is 17.5 Å². The number of fused-ring (bicyclic) bond motifs is 1. The third-order valence-corrected chi connectivity index (χ3v) is 2.63. The lowest BCUT2D eigenvalue weighted by molar-refractivity contribution is 0.472. The molecule has 1 heteroatoms. The second kappa shape index (κ2) is 3.25. The van der Waals surface area contributed by atoms with Gasteiger partial charge in [0.05, 0.1) is 0 Å². The fourth-order valence-electron chi connectivity index (χ4n) is 1.99. The second-order valence-electron chi connectivity index (χ2n) is 3.40. The van der Waals surface area contributed by atoms with Crippen molar-refractivity contribution in [1.29, 1.82) is 0 Å². The molecule has 0 fully saturated rings. The van der Waals surface area contributed by atoms with Gasteiger partial charge in [-0.15, -0.1) is 0 Å². The van der Waals surface area contributed by atoms with Gasteiger partial charge in [0.1, 0.15) is 11.5 Å². The van der Waals surface area contributed by atoms with E-state index in [4.69, 9.17) is 4.42 Å². The smallest absolute Gasteiger partial charge is 0.133 e. The molecule has 13 heavy (non-hydrogen) atoms. The molecule has 68 valence electrons. The highest BCUT2D eigenvalue weighted by Gasteiger charge is 2.18. The van der Waals surface area contributed by atoms with Crippen LogP contribution in [0.1, 0.15) is 35.5 Å². The van der Waals surface area contributed by atoms with Gasteiger partial charge in [0.25, 0.3) is 0 Å². The molecule has 0 aliphatic heterocycles. The van der Waals surface area contributed by atoms with Crippen molar-refractivity contribution >= 4 is 12.2 Å². The van der Waals surface area contributed by atoms with Crippen molar-refractivity contribution in [2.24, 2.45) is 0 Å². The molecular weight excluding hydrogens is 160 g/mol. The average molecular weight is 174 g/mol. The first-order valence-corrected chi connectivity index (χ1v) is 4.76. The van der Waals surface area contributed by atoms with Gasteiger partial charge >= 0.3 is 0 Å². The van der Waals surface area contributed by atoms with Crippen molar-refractivity contribution in [3.05, 3.63) is 35.8 Å². The molecule has 0 aromatic carbocycles. The van der Waals surface area contributed by atoms with Crippen LogP contribution in [0.3, 0.4) is 0 Å². The number of rotatable bonds is 2. The highest BCUT2D eigenvalue weighted by Crippen LogP contribution is 2.30. The minimum absolute atomic E-state index is 0.891. The van der Waals surface area contributed by atoms with Gasteiger partial charge in [-0.1, -0.05) is 19.2 Å². The third kappa shape index (κ3) is 1.24. The monoisotopic (exact) mass is 174 g/mol. The van der Waals surface area contributed by atoms with Crippen molar-refractivity contribution in [3.63, 3.8) is 0 Å². The SMILES string of the molecule is C=Cc1oc2c(c1C=C)CCCC2. The van der Waals surface area contributed by atoms with Crippen LogP contribution in [0.15, 0.2) is 17.6 Å². The maximum Gasteiger partial charge on any atom is 0.133 e. The van der Waals surface area contributed by atoms with Crippen LogP contribution < -0.4 is 0 Å². The summed E-state index contributed by atoms with van der Waals surface area (Å²) in [6.45, 7) is 7.55. The summed E-state index contributed by atoms with van der Waals surface area (Å²) < 4.78 is 5.69. The molecule has 0 bridgehead atoms. The Morgan fingerprint density at radius 3 is 2.54 bits per heavy atom. The number of hydrogen-bond acceptors (Lipinski definition) is 1. The first-order chi connectivity index (χ1) is 6.36. The quantitative estimate of drug-likeness (QED) is 0.669. The lowest BCUT2D eigenvalue weighted by Crippen LogP contribution is -1.99. The van der Waals surface area contributed by atoms with Crippen LogP contribution in [-0.4, -0.2) is 0 Å². The van der Waals surface area contributed by atoms with Crippen molar-refractivity contribution < 1.29 is 4.42 Å². The van der Waals surface area contributed by atoms with E-state index in [-0.39, 0.29) is 0 Å².